The fourth-order valence-electron chi connectivity index (χ4n) is 4.48. The van der Waals surface area contributed by atoms with E-state index in [-0.39, 0.29) is 18.4 Å². The Bertz CT molecular complexity index is 768. The second kappa shape index (κ2) is 8.02. The zero-order valence-electron chi connectivity index (χ0n) is 16.9. The number of hydrogen-bond acceptors (Lipinski definition) is 5. The largest absolute Gasteiger partial charge is 0.369 e. The first-order chi connectivity index (χ1) is 14.0. The third kappa shape index (κ3) is 4.07. The molecule has 4 amide bonds. The predicted octanol–water partition coefficient (Wildman–Crippen LogP) is 1.34. The van der Waals surface area contributed by atoms with Crippen LogP contribution in [0.5, 0.6) is 0 Å². The van der Waals surface area contributed by atoms with Gasteiger partial charge in [0, 0.05) is 31.9 Å². The average molecular weight is 399 g/mol. The van der Waals surface area contributed by atoms with E-state index in [2.05, 4.69) is 34.7 Å². The first kappa shape index (κ1) is 19.7. The topological polar surface area (TPSA) is 85.0 Å². The number of hydrazine groups is 1. The highest BCUT2D eigenvalue weighted by Crippen LogP contribution is 2.35. The van der Waals surface area contributed by atoms with Gasteiger partial charge in [-0.2, -0.15) is 5.01 Å². The number of rotatable bonds is 4. The van der Waals surface area contributed by atoms with Gasteiger partial charge in [-0.05, 0) is 43.7 Å². The van der Waals surface area contributed by atoms with Gasteiger partial charge in [-0.15, -0.1) is 0 Å². The zero-order chi connectivity index (χ0) is 20.4. The van der Waals surface area contributed by atoms with Gasteiger partial charge in [-0.3, -0.25) is 19.9 Å². The first-order valence-electron chi connectivity index (χ1n) is 10.5. The average Bonchev–Trinajstić information content (AvgIpc) is 2.96. The summed E-state index contributed by atoms with van der Waals surface area (Å²) in [6.07, 6.45) is 3.07. The van der Waals surface area contributed by atoms with E-state index >= 15 is 0 Å². The number of hydrogen-bond donors (Lipinski definition) is 2. The van der Waals surface area contributed by atoms with Crippen LogP contribution in [0.3, 0.4) is 0 Å². The third-order valence-electron chi connectivity index (χ3n) is 6.39. The molecule has 2 saturated heterocycles. The summed E-state index contributed by atoms with van der Waals surface area (Å²) in [6.45, 7) is 5.51. The maximum atomic E-state index is 12.8. The van der Waals surface area contributed by atoms with Crippen LogP contribution in [0.4, 0.5) is 10.5 Å². The van der Waals surface area contributed by atoms with Crippen LogP contribution in [-0.4, -0.2) is 66.0 Å². The summed E-state index contributed by atoms with van der Waals surface area (Å²) in [6, 6.07) is 9.69. The van der Waals surface area contributed by atoms with Gasteiger partial charge in [-0.1, -0.05) is 25.1 Å². The lowest BCUT2D eigenvalue weighted by Gasteiger charge is -2.36. The van der Waals surface area contributed by atoms with Crippen LogP contribution in [0.1, 0.15) is 32.6 Å². The number of urea groups is 1. The fraction of sp³-hybridized carbons (Fsp3) is 0.571. The number of carbonyl (C=O) groups is 3. The molecule has 2 heterocycles. The molecular weight excluding hydrogens is 370 g/mol. The Balaban J connectivity index is 1.28. The van der Waals surface area contributed by atoms with E-state index in [1.54, 1.807) is 0 Å². The predicted molar refractivity (Wildman–Crippen MR) is 109 cm³/mol. The maximum Gasteiger partial charge on any atom is 0.344 e. The lowest BCUT2D eigenvalue weighted by Crippen LogP contribution is -2.54. The van der Waals surface area contributed by atoms with Crippen LogP contribution in [0.15, 0.2) is 30.3 Å². The van der Waals surface area contributed by atoms with Crippen LogP contribution in [0.2, 0.25) is 0 Å². The summed E-state index contributed by atoms with van der Waals surface area (Å²) in [5.74, 6) is -0.0944. The number of piperazine rings is 1. The summed E-state index contributed by atoms with van der Waals surface area (Å²) in [5, 5.41) is 3.71. The van der Waals surface area contributed by atoms with Crippen LogP contribution >= 0.6 is 0 Å². The van der Waals surface area contributed by atoms with Gasteiger partial charge < -0.3 is 10.2 Å². The molecule has 8 heteroatoms. The Morgan fingerprint density at radius 2 is 1.76 bits per heavy atom. The summed E-state index contributed by atoms with van der Waals surface area (Å²) in [7, 11) is 0. The number of anilines is 1. The molecule has 1 spiro atoms. The Hall–Kier alpha value is -2.61. The minimum Gasteiger partial charge on any atom is -0.369 e. The number of carbonyl (C=O) groups excluding carboxylic acids is 3. The molecule has 1 aromatic rings. The van der Waals surface area contributed by atoms with Crippen molar-refractivity contribution in [1.82, 2.24) is 20.7 Å². The molecule has 156 valence electrons. The lowest BCUT2D eigenvalue weighted by molar-refractivity contribution is -0.140. The lowest BCUT2D eigenvalue weighted by atomic mass is 9.77. The van der Waals surface area contributed by atoms with E-state index in [9.17, 15) is 14.4 Å². The maximum absolute atomic E-state index is 12.8. The van der Waals surface area contributed by atoms with Crippen molar-refractivity contribution in [2.75, 3.05) is 37.6 Å². The van der Waals surface area contributed by atoms with Crippen molar-refractivity contribution in [3.05, 3.63) is 30.3 Å². The fourth-order valence-corrected chi connectivity index (χ4v) is 4.48. The van der Waals surface area contributed by atoms with Gasteiger partial charge in [0.2, 0.25) is 0 Å². The Morgan fingerprint density at radius 3 is 2.41 bits per heavy atom. The molecule has 2 N–H and O–H groups in total. The number of nitrogens with one attached hydrogen (secondary N) is 2. The van der Waals surface area contributed by atoms with Gasteiger partial charge >= 0.3 is 6.03 Å². The Morgan fingerprint density at radius 1 is 1.10 bits per heavy atom. The molecule has 1 aromatic carbocycles. The molecule has 0 bridgehead atoms. The van der Waals surface area contributed by atoms with E-state index in [0.29, 0.717) is 18.8 Å². The first-order valence-corrected chi connectivity index (χ1v) is 10.5. The van der Waals surface area contributed by atoms with E-state index in [4.69, 9.17) is 0 Å². The van der Waals surface area contributed by atoms with Crippen LogP contribution in [0, 0.1) is 5.92 Å². The highest BCUT2D eigenvalue weighted by Gasteiger charge is 2.52. The van der Waals surface area contributed by atoms with Crippen molar-refractivity contribution in [2.45, 2.75) is 38.1 Å². The van der Waals surface area contributed by atoms with Gasteiger partial charge in [0.05, 0.1) is 6.54 Å². The van der Waals surface area contributed by atoms with Crippen molar-refractivity contribution < 1.29 is 14.4 Å². The van der Waals surface area contributed by atoms with Gasteiger partial charge in [0.1, 0.15) is 5.54 Å². The molecular formula is C21H29N5O3. The van der Waals surface area contributed by atoms with E-state index in [1.807, 2.05) is 23.1 Å². The number of para-hydroxylation sites is 1. The summed E-state index contributed by atoms with van der Waals surface area (Å²) in [5.41, 5.74) is 2.88. The van der Waals surface area contributed by atoms with Crippen molar-refractivity contribution in [1.29, 1.82) is 0 Å². The minimum absolute atomic E-state index is 0.170. The third-order valence-corrected chi connectivity index (χ3v) is 6.39. The number of amides is 4. The molecule has 8 nitrogen and oxygen atoms in total. The molecule has 1 saturated carbocycles. The molecule has 2 aliphatic heterocycles. The molecule has 1 aliphatic carbocycles. The molecule has 0 atom stereocenters. The van der Waals surface area contributed by atoms with Crippen molar-refractivity contribution in [2.24, 2.45) is 5.92 Å². The van der Waals surface area contributed by atoms with E-state index in [1.165, 1.54) is 5.69 Å². The summed E-state index contributed by atoms with van der Waals surface area (Å²) in [4.78, 5) is 42.0. The Kier molecular flexibility index (Phi) is 5.45. The van der Waals surface area contributed by atoms with Crippen LogP contribution < -0.4 is 15.6 Å². The molecule has 0 radical (unpaired) electrons. The normalized spacial score (nSPS) is 28.0. The molecule has 0 aromatic heterocycles. The molecule has 29 heavy (non-hydrogen) atoms. The second-order valence-electron chi connectivity index (χ2n) is 8.47. The van der Waals surface area contributed by atoms with Crippen molar-refractivity contribution in [3.8, 4) is 0 Å². The SMILES string of the molecule is CC1CCC2(CC1)NC(=O)N(NC(=O)CN1CCN(c3ccccc3)CC1)C2=O. The second-order valence-corrected chi connectivity index (χ2v) is 8.47. The van der Waals surface area contributed by atoms with Gasteiger partial charge in [0.15, 0.2) is 0 Å². The Labute approximate surface area is 171 Å². The number of imide groups is 1. The molecule has 0 unspecified atom stereocenters. The summed E-state index contributed by atoms with van der Waals surface area (Å²) < 4.78 is 0. The monoisotopic (exact) mass is 399 g/mol. The number of benzene rings is 1. The molecule has 3 aliphatic rings. The molecule has 3 fully saturated rings. The van der Waals surface area contributed by atoms with Crippen LogP contribution in [0.25, 0.3) is 0 Å². The van der Waals surface area contributed by atoms with E-state index in [0.717, 1.165) is 44.0 Å². The minimum atomic E-state index is -0.835. The van der Waals surface area contributed by atoms with E-state index < -0.39 is 11.6 Å². The van der Waals surface area contributed by atoms with Gasteiger partial charge in [-0.25, -0.2) is 4.79 Å². The quantitative estimate of drug-likeness (QED) is 0.747. The van der Waals surface area contributed by atoms with Gasteiger partial charge in [0.25, 0.3) is 11.8 Å². The van der Waals surface area contributed by atoms with Crippen LogP contribution in [-0.2, 0) is 9.59 Å². The highest BCUT2D eigenvalue weighted by molar-refractivity contribution is 6.08. The number of nitrogens with zero attached hydrogens (tertiary/aromatic N) is 3. The molecule has 4 rings (SSSR count). The zero-order valence-corrected chi connectivity index (χ0v) is 16.9. The summed E-state index contributed by atoms with van der Waals surface area (Å²) >= 11 is 0. The standard InChI is InChI=1S/C21H29N5O3/c1-16-7-9-21(10-8-16)19(28)26(20(29)22-21)23-18(27)15-24-11-13-25(14-12-24)17-5-3-2-4-6-17/h2-6,16H,7-15H2,1H3,(H,22,29)(H,23,27). The van der Waals surface area contributed by atoms with Crippen molar-refractivity contribution >= 4 is 23.5 Å². The highest BCUT2D eigenvalue weighted by atomic mass is 16.2. The smallest absolute Gasteiger partial charge is 0.344 e. The van der Waals surface area contributed by atoms with Crippen molar-refractivity contribution in [3.63, 3.8) is 0 Å².